The molecule has 1 aliphatic rings. The second kappa shape index (κ2) is 8.35. The zero-order valence-corrected chi connectivity index (χ0v) is 19.2. The lowest BCUT2D eigenvalue weighted by atomic mass is 9.98. The molecule has 0 saturated heterocycles. The molecule has 5 rings (SSSR count). The summed E-state index contributed by atoms with van der Waals surface area (Å²) in [6, 6.07) is 18.1. The Morgan fingerprint density at radius 2 is 1.85 bits per heavy atom. The molecule has 0 saturated carbocycles. The van der Waals surface area contributed by atoms with Gasteiger partial charge in [0.05, 0.1) is 11.3 Å². The number of halogens is 1. The molecule has 1 aliphatic heterocycles. The van der Waals surface area contributed by atoms with Gasteiger partial charge in [0.25, 0.3) is 5.91 Å². The van der Waals surface area contributed by atoms with Gasteiger partial charge in [-0.2, -0.15) is 0 Å². The van der Waals surface area contributed by atoms with E-state index in [1.165, 1.54) is 4.90 Å². The standard InChI is InChI=1S/C26H20ClN3O4/c1-29(2)17-7-9-18(10-8-17)30-23(19-5-3-4-12-28-19)22(25(32)26(30)33)24(31)21-14-15-13-16(27)6-11-20(15)34-21/h3-14,23,32H,1-2H3. The van der Waals surface area contributed by atoms with Crippen molar-refractivity contribution in [3.8, 4) is 0 Å². The first-order valence-electron chi connectivity index (χ1n) is 10.5. The van der Waals surface area contributed by atoms with Crippen molar-refractivity contribution in [3.05, 3.63) is 101 Å². The third-order valence-corrected chi connectivity index (χ3v) is 6.00. The summed E-state index contributed by atoms with van der Waals surface area (Å²) >= 11 is 6.06. The van der Waals surface area contributed by atoms with Gasteiger partial charge in [0.15, 0.2) is 11.5 Å². The number of benzene rings is 2. The molecule has 1 unspecified atom stereocenters. The Kier molecular flexibility index (Phi) is 5.34. The van der Waals surface area contributed by atoms with E-state index in [9.17, 15) is 14.7 Å². The van der Waals surface area contributed by atoms with Gasteiger partial charge >= 0.3 is 0 Å². The first-order valence-corrected chi connectivity index (χ1v) is 10.9. The average molecular weight is 474 g/mol. The Balaban J connectivity index is 1.62. The van der Waals surface area contributed by atoms with Gasteiger partial charge in [0.1, 0.15) is 11.6 Å². The van der Waals surface area contributed by atoms with Crippen LogP contribution in [0.1, 0.15) is 22.3 Å². The summed E-state index contributed by atoms with van der Waals surface area (Å²) in [4.78, 5) is 34.6. The number of nitrogens with zero attached hydrogens (tertiary/aromatic N) is 3. The van der Waals surface area contributed by atoms with Crippen molar-refractivity contribution < 1.29 is 19.1 Å². The summed E-state index contributed by atoms with van der Waals surface area (Å²) in [5.41, 5.74) is 2.29. The van der Waals surface area contributed by atoms with Crippen molar-refractivity contribution in [2.24, 2.45) is 0 Å². The minimum Gasteiger partial charge on any atom is -0.503 e. The number of furan rings is 1. The molecule has 3 heterocycles. The molecular weight excluding hydrogens is 454 g/mol. The fourth-order valence-electron chi connectivity index (χ4n) is 4.09. The van der Waals surface area contributed by atoms with E-state index in [1.54, 1.807) is 60.8 Å². The smallest absolute Gasteiger partial charge is 0.294 e. The topological polar surface area (TPSA) is 86.9 Å². The van der Waals surface area contributed by atoms with Gasteiger partial charge < -0.3 is 14.4 Å². The van der Waals surface area contributed by atoms with Gasteiger partial charge in [-0.25, -0.2) is 0 Å². The van der Waals surface area contributed by atoms with E-state index in [4.69, 9.17) is 16.0 Å². The quantitative estimate of drug-likeness (QED) is 0.394. The minimum atomic E-state index is -0.928. The fourth-order valence-corrected chi connectivity index (χ4v) is 4.27. The molecule has 4 aromatic rings. The van der Waals surface area contributed by atoms with Crippen molar-refractivity contribution in [1.29, 1.82) is 0 Å². The van der Waals surface area contributed by atoms with Crippen molar-refractivity contribution in [2.45, 2.75) is 6.04 Å². The number of pyridine rings is 1. The molecular formula is C26H20ClN3O4. The highest BCUT2D eigenvalue weighted by atomic mass is 35.5. The molecule has 2 aromatic heterocycles. The third kappa shape index (κ3) is 3.60. The van der Waals surface area contributed by atoms with E-state index in [2.05, 4.69) is 4.98 Å². The number of amides is 1. The first kappa shape index (κ1) is 21.7. The van der Waals surface area contributed by atoms with E-state index >= 15 is 0 Å². The number of aromatic nitrogens is 1. The van der Waals surface area contributed by atoms with Crippen LogP contribution in [0.15, 0.2) is 88.7 Å². The van der Waals surface area contributed by atoms with Crippen LogP contribution in [0, 0.1) is 0 Å². The van der Waals surface area contributed by atoms with E-state index in [1.807, 2.05) is 31.1 Å². The SMILES string of the molecule is CN(C)c1ccc(N2C(=O)C(O)=C(C(=O)c3cc4cc(Cl)ccc4o3)C2c2ccccn2)cc1. The highest BCUT2D eigenvalue weighted by molar-refractivity contribution is 6.31. The van der Waals surface area contributed by atoms with Crippen molar-refractivity contribution in [3.63, 3.8) is 0 Å². The number of fused-ring (bicyclic) bond motifs is 1. The second-order valence-electron chi connectivity index (χ2n) is 8.13. The van der Waals surface area contributed by atoms with E-state index in [-0.39, 0.29) is 11.3 Å². The molecule has 1 atom stereocenters. The largest absolute Gasteiger partial charge is 0.503 e. The van der Waals surface area contributed by atoms with Crippen LogP contribution in [-0.2, 0) is 4.79 Å². The number of aliphatic hydroxyl groups excluding tert-OH is 1. The number of hydrogen-bond acceptors (Lipinski definition) is 6. The summed E-state index contributed by atoms with van der Waals surface area (Å²) in [5, 5.41) is 12.0. The Hall–Kier alpha value is -4.10. The normalized spacial score (nSPS) is 15.9. The predicted octanol–water partition coefficient (Wildman–Crippen LogP) is 5.33. The van der Waals surface area contributed by atoms with Crippen molar-refractivity contribution >= 4 is 45.6 Å². The summed E-state index contributed by atoms with van der Waals surface area (Å²) in [6.45, 7) is 0. The zero-order valence-electron chi connectivity index (χ0n) is 18.4. The van der Waals surface area contributed by atoms with Crippen LogP contribution >= 0.6 is 11.6 Å². The van der Waals surface area contributed by atoms with Crippen LogP contribution in [0.2, 0.25) is 5.02 Å². The minimum absolute atomic E-state index is 0.00245. The van der Waals surface area contributed by atoms with Crippen LogP contribution in [0.25, 0.3) is 11.0 Å². The molecule has 8 heteroatoms. The van der Waals surface area contributed by atoms with Gasteiger partial charge in [0, 0.05) is 42.1 Å². The summed E-state index contributed by atoms with van der Waals surface area (Å²) in [6.07, 6.45) is 1.58. The van der Waals surface area contributed by atoms with E-state index in [0.717, 1.165) is 5.69 Å². The van der Waals surface area contributed by atoms with Gasteiger partial charge in [-0.3, -0.25) is 19.5 Å². The zero-order chi connectivity index (χ0) is 24.0. The monoisotopic (exact) mass is 473 g/mol. The highest BCUT2D eigenvalue weighted by Gasteiger charge is 2.46. The Bertz CT molecular complexity index is 1440. The molecule has 7 nitrogen and oxygen atoms in total. The van der Waals surface area contributed by atoms with E-state index in [0.29, 0.717) is 27.4 Å². The number of hydrogen-bond donors (Lipinski definition) is 1. The first-order chi connectivity index (χ1) is 16.3. The number of ketones is 1. The molecule has 0 spiro atoms. The maximum atomic E-state index is 13.6. The molecule has 2 aromatic carbocycles. The molecule has 1 amide bonds. The number of Topliss-reactive ketones (excluding diaryl/α,β-unsaturated/α-hetero) is 1. The molecule has 34 heavy (non-hydrogen) atoms. The molecule has 0 radical (unpaired) electrons. The van der Waals surface area contributed by atoms with Crippen LogP contribution in [0.4, 0.5) is 11.4 Å². The number of aliphatic hydroxyl groups is 1. The Morgan fingerprint density at radius 3 is 2.53 bits per heavy atom. The van der Waals surface area contributed by atoms with Crippen LogP contribution in [0.5, 0.6) is 0 Å². The summed E-state index contributed by atoms with van der Waals surface area (Å²) in [7, 11) is 3.83. The van der Waals surface area contributed by atoms with Gasteiger partial charge in [0.2, 0.25) is 5.78 Å². The maximum Gasteiger partial charge on any atom is 0.294 e. The molecule has 1 N–H and O–H groups in total. The highest BCUT2D eigenvalue weighted by Crippen LogP contribution is 2.42. The number of carbonyl (C=O) groups is 2. The maximum absolute atomic E-state index is 13.6. The lowest BCUT2D eigenvalue weighted by Gasteiger charge is -2.26. The van der Waals surface area contributed by atoms with Crippen molar-refractivity contribution in [2.75, 3.05) is 23.9 Å². The third-order valence-electron chi connectivity index (χ3n) is 5.77. The van der Waals surface area contributed by atoms with Gasteiger partial charge in [-0.05, 0) is 60.7 Å². The predicted molar refractivity (Wildman–Crippen MR) is 130 cm³/mol. The van der Waals surface area contributed by atoms with Crippen LogP contribution in [-0.4, -0.2) is 35.9 Å². The van der Waals surface area contributed by atoms with Crippen LogP contribution in [0.3, 0.4) is 0 Å². The second-order valence-corrected chi connectivity index (χ2v) is 8.56. The van der Waals surface area contributed by atoms with Gasteiger partial charge in [-0.15, -0.1) is 0 Å². The molecule has 0 fully saturated rings. The molecule has 0 bridgehead atoms. The summed E-state index contributed by atoms with van der Waals surface area (Å²) in [5.74, 6) is -1.91. The average Bonchev–Trinajstić information content (AvgIpc) is 3.38. The molecule has 170 valence electrons. The molecule has 0 aliphatic carbocycles. The lowest BCUT2D eigenvalue weighted by Crippen LogP contribution is -2.31. The number of carbonyl (C=O) groups excluding carboxylic acids is 2. The Labute approximate surface area is 200 Å². The van der Waals surface area contributed by atoms with Crippen molar-refractivity contribution in [1.82, 2.24) is 4.98 Å². The lowest BCUT2D eigenvalue weighted by molar-refractivity contribution is -0.117. The summed E-state index contributed by atoms with van der Waals surface area (Å²) < 4.78 is 5.74. The fraction of sp³-hybridized carbons (Fsp3) is 0.115. The van der Waals surface area contributed by atoms with Crippen LogP contribution < -0.4 is 9.80 Å². The Morgan fingerprint density at radius 1 is 1.09 bits per heavy atom. The number of rotatable bonds is 5. The van der Waals surface area contributed by atoms with E-state index < -0.39 is 23.5 Å². The number of anilines is 2. The van der Waals surface area contributed by atoms with Gasteiger partial charge in [-0.1, -0.05) is 17.7 Å².